The summed E-state index contributed by atoms with van der Waals surface area (Å²) < 4.78 is 5.31. The van der Waals surface area contributed by atoms with Crippen molar-refractivity contribution in [1.82, 2.24) is 10.7 Å². The molecule has 2 rings (SSSR count). The van der Waals surface area contributed by atoms with E-state index in [1.54, 1.807) is 42.5 Å². The van der Waals surface area contributed by atoms with Crippen molar-refractivity contribution in [2.45, 2.75) is 6.92 Å². The molecule has 0 saturated heterocycles. The van der Waals surface area contributed by atoms with Gasteiger partial charge in [-0.3, -0.25) is 9.59 Å². The highest BCUT2D eigenvalue weighted by Crippen LogP contribution is 2.21. The van der Waals surface area contributed by atoms with E-state index in [-0.39, 0.29) is 12.5 Å². The van der Waals surface area contributed by atoms with Crippen molar-refractivity contribution in [3.63, 3.8) is 0 Å². The SMILES string of the molecule is CCOc1ccc(C(=O)NCC(=O)N/N=C\c2c(Cl)cccc2Cl)cc1. The van der Waals surface area contributed by atoms with Crippen LogP contribution in [0.2, 0.25) is 10.0 Å². The van der Waals surface area contributed by atoms with E-state index in [1.807, 2.05) is 6.92 Å². The number of hydrogen-bond donors (Lipinski definition) is 2. The Kier molecular flexibility index (Phi) is 7.44. The molecular formula is C18H17Cl2N3O3. The van der Waals surface area contributed by atoms with Gasteiger partial charge in [0.25, 0.3) is 11.8 Å². The van der Waals surface area contributed by atoms with E-state index in [0.29, 0.717) is 33.5 Å². The van der Waals surface area contributed by atoms with Crippen LogP contribution >= 0.6 is 23.2 Å². The minimum Gasteiger partial charge on any atom is -0.494 e. The van der Waals surface area contributed by atoms with Gasteiger partial charge in [0.05, 0.1) is 29.4 Å². The van der Waals surface area contributed by atoms with E-state index in [1.165, 1.54) is 6.21 Å². The Morgan fingerprint density at radius 1 is 1.12 bits per heavy atom. The van der Waals surface area contributed by atoms with Crippen LogP contribution in [0.15, 0.2) is 47.6 Å². The molecular weight excluding hydrogens is 377 g/mol. The van der Waals surface area contributed by atoms with E-state index in [0.717, 1.165) is 0 Å². The lowest BCUT2D eigenvalue weighted by molar-refractivity contribution is -0.120. The smallest absolute Gasteiger partial charge is 0.259 e. The number of carbonyl (C=O) groups excluding carboxylic acids is 2. The zero-order valence-corrected chi connectivity index (χ0v) is 15.5. The van der Waals surface area contributed by atoms with Crippen molar-refractivity contribution in [1.29, 1.82) is 0 Å². The van der Waals surface area contributed by atoms with Crippen LogP contribution in [-0.4, -0.2) is 31.2 Å². The Morgan fingerprint density at radius 3 is 2.38 bits per heavy atom. The summed E-state index contributed by atoms with van der Waals surface area (Å²) in [5, 5.41) is 7.12. The van der Waals surface area contributed by atoms with Crippen LogP contribution in [0.3, 0.4) is 0 Å². The fourth-order valence-electron chi connectivity index (χ4n) is 1.97. The van der Waals surface area contributed by atoms with Crippen molar-refractivity contribution in [2.24, 2.45) is 5.10 Å². The minimum absolute atomic E-state index is 0.223. The molecule has 2 aromatic carbocycles. The summed E-state index contributed by atoms with van der Waals surface area (Å²) in [6.07, 6.45) is 1.34. The predicted octanol–water partition coefficient (Wildman–Crippen LogP) is 3.27. The van der Waals surface area contributed by atoms with E-state index in [9.17, 15) is 9.59 Å². The van der Waals surface area contributed by atoms with Crippen LogP contribution in [0.25, 0.3) is 0 Å². The monoisotopic (exact) mass is 393 g/mol. The quantitative estimate of drug-likeness (QED) is 0.559. The Balaban J connectivity index is 1.82. The Morgan fingerprint density at radius 2 is 1.77 bits per heavy atom. The summed E-state index contributed by atoms with van der Waals surface area (Å²) in [5.41, 5.74) is 3.22. The van der Waals surface area contributed by atoms with Gasteiger partial charge in [0.1, 0.15) is 5.75 Å². The fraction of sp³-hybridized carbons (Fsp3) is 0.167. The maximum Gasteiger partial charge on any atom is 0.259 e. The highest BCUT2D eigenvalue weighted by atomic mass is 35.5. The molecule has 0 aromatic heterocycles. The molecule has 26 heavy (non-hydrogen) atoms. The number of hydrazone groups is 1. The molecule has 0 fully saturated rings. The second-order valence-corrected chi connectivity index (χ2v) is 5.88. The molecule has 2 amide bonds. The van der Waals surface area contributed by atoms with Gasteiger partial charge >= 0.3 is 0 Å². The van der Waals surface area contributed by atoms with Crippen LogP contribution in [0.4, 0.5) is 0 Å². The van der Waals surface area contributed by atoms with Gasteiger partial charge in [-0.25, -0.2) is 5.43 Å². The molecule has 0 spiro atoms. The molecule has 2 N–H and O–H groups in total. The average molecular weight is 394 g/mol. The van der Waals surface area contributed by atoms with Crippen molar-refractivity contribution in [3.05, 3.63) is 63.6 Å². The van der Waals surface area contributed by atoms with Crippen LogP contribution in [0.1, 0.15) is 22.8 Å². The number of benzene rings is 2. The molecule has 6 nitrogen and oxygen atoms in total. The highest BCUT2D eigenvalue weighted by molar-refractivity contribution is 6.38. The van der Waals surface area contributed by atoms with Crippen molar-refractivity contribution < 1.29 is 14.3 Å². The third kappa shape index (κ3) is 5.75. The molecule has 0 radical (unpaired) electrons. The number of rotatable bonds is 7. The van der Waals surface area contributed by atoms with Gasteiger partial charge in [0.2, 0.25) is 0 Å². The zero-order valence-electron chi connectivity index (χ0n) is 14.0. The van der Waals surface area contributed by atoms with Crippen LogP contribution in [0.5, 0.6) is 5.75 Å². The maximum absolute atomic E-state index is 12.0. The van der Waals surface area contributed by atoms with Gasteiger partial charge in [-0.2, -0.15) is 5.10 Å². The van der Waals surface area contributed by atoms with Crippen molar-refractivity contribution >= 4 is 41.2 Å². The Labute approximate surface area is 161 Å². The predicted molar refractivity (Wildman–Crippen MR) is 102 cm³/mol. The number of amides is 2. The largest absolute Gasteiger partial charge is 0.494 e. The van der Waals surface area contributed by atoms with Crippen LogP contribution in [-0.2, 0) is 4.79 Å². The molecule has 0 aliphatic rings. The molecule has 136 valence electrons. The van der Waals surface area contributed by atoms with Gasteiger partial charge in [-0.05, 0) is 43.3 Å². The first-order valence-corrected chi connectivity index (χ1v) is 8.54. The number of hydrogen-bond acceptors (Lipinski definition) is 4. The number of carbonyl (C=O) groups is 2. The summed E-state index contributed by atoms with van der Waals surface area (Å²) in [5.74, 6) is -0.181. The molecule has 0 unspecified atom stereocenters. The number of nitrogens with one attached hydrogen (secondary N) is 2. The average Bonchev–Trinajstić information content (AvgIpc) is 2.63. The fourth-order valence-corrected chi connectivity index (χ4v) is 2.47. The first-order valence-electron chi connectivity index (χ1n) is 7.78. The number of ether oxygens (including phenoxy) is 1. The zero-order chi connectivity index (χ0) is 18.9. The lowest BCUT2D eigenvalue weighted by Gasteiger charge is -2.06. The number of nitrogens with zero attached hydrogens (tertiary/aromatic N) is 1. The van der Waals surface area contributed by atoms with Gasteiger partial charge < -0.3 is 10.1 Å². The van der Waals surface area contributed by atoms with Gasteiger partial charge in [0.15, 0.2) is 0 Å². The second-order valence-electron chi connectivity index (χ2n) is 5.07. The third-order valence-corrected chi connectivity index (χ3v) is 3.88. The lowest BCUT2D eigenvalue weighted by Crippen LogP contribution is -2.34. The molecule has 0 bridgehead atoms. The summed E-state index contributed by atoms with van der Waals surface area (Å²) in [4.78, 5) is 23.8. The highest BCUT2D eigenvalue weighted by Gasteiger charge is 2.08. The maximum atomic E-state index is 12.0. The first kappa shape index (κ1) is 19.8. The molecule has 0 aliphatic carbocycles. The normalized spacial score (nSPS) is 10.6. The molecule has 0 aliphatic heterocycles. The molecule has 2 aromatic rings. The molecule has 0 atom stereocenters. The summed E-state index contributed by atoms with van der Waals surface area (Å²) in [6.45, 7) is 2.20. The lowest BCUT2D eigenvalue weighted by atomic mass is 10.2. The molecule has 8 heteroatoms. The van der Waals surface area contributed by atoms with E-state index in [2.05, 4.69) is 15.8 Å². The third-order valence-electron chi connectivity index (χ3n) is 3.22. The van der Waals surface area contributed by atoms with Crippen LogP contribution < -0.4 is 15.5 Å². The van der Waals surface area contributed by atoms with Crippen molar-refractivity contribution in [3.8, 4) is 5.75 Å². The minimum atomic E-state index is -0.483. The van der Waals surface area contributed by atoms with E-state index < -0.39 is 5.91 Å². The van der Waals surface area contributed by atoms with Gasteiger partial charge in [-0.15, -0.1) is 0 Å². The Hall–Kier alpha value is -2.57. The standard InChI is InChI=1S/C18H17Cl2N3O3/c1-2-26-13-8-6-12(7-9-13)18(25)21-11-17(24)23-22-10-14-15(19)4-3-5-16(14)20/h3-10H,2,11H2,1H3,(H,21,25)(H,23,24)/b22-10-. The summed E-state index contributed by atoms with van der Waals surface area (Å²) in [7, 11) is 0. The first-order chi connectivity index (χ1) is 12.5. The topological polar surface area (TPSA) is 79.8 Å². The van der Waals surface area contributed by atoms with E-state index in [4.69, 9.17) is 27.9 Å². The van der Waals surface area contributed by atoms with E-state index >= 15 is 0 Å². The second kappa shape index (κ2) is 9.79. The number of halogens is 2. The van der Waals surface area contributed by atoms with Gasteiger partial charge in [-0.1, -0.05) is 29.3 Å². The van der Waals surface area contributed by atoms with Crippen LogP contribution in [0, 0.1) is 0 Å². The molecule has 0 saturated carbocycles. The summed E-state index contributed by atoms with van der Waals surface area (Å²) >= 11 is 12.0. The summed E-state index contributed by atoms with van der Waals surface area (Å²) in [6, 6.07) is 11.6. The van der Waals surface area contributed by atoms with Crippen molar-refractivity contribution in [2.75, 3.05) is 13.2 Å². The Bertz CT molecular complexity index is 788. The van der Waals surface area contributed by atoms with Gasteiger partial charge in [0, 0.05) is 11.1 Å². The molecule has 0 heterocycles.